The number of rotatable bonds is 4. The van der Waals surface area contributed by atoms with Crippen molar-refractivity contribution in [1.29, 1.82) is 0 Å². The highest BCUT2D eigenvalue weighted by atomic mass is 35.5. The van der Waals surface area contributed by atoms with Gasteiger partial charge in [-0.15, -0.1) is 0 Å². The maximum atomic E-state index is 6.09. The third-order valence-electron chi connectivity index (χ3n) is 3.99. The number of benzene rings is 2. The average molecular weight is 302 g/mol. The van der Waals surface area contributed by atoms with Crippen LogP contribution in [0, 0.1) is 0 Å². The van der Waals surface area contributed by atoms with Gasteiger partial charge in [0, 0.05) is 5.02 Å². The van der Waals surface area contributed by atoms with Crippen LogP contribution in [-0.2, 0) is 19.3 Å². The summed E-state index contributed by atoms with van der Waals surface area (Å²) in [5.41, 5.74) is 9.64. The minimum absolute atomic E-state index is 0.599. The molecule has 0 saturated carbocycles. The maximum Gasteiger partial charge on any atom is 0.132 e. The third kappa shape index (κ3) is 3.39. The summed E-state index contributed by atoms with van der Waals surface area (Å²) in [5, 5.41) is 0.684. The highest BCUT2D eigenvalue weighted by Gasteiger charge is 2.11. The van der Waals surface area contributed by atoms with Gasteiger partial charge in [0.1, 0.15) is 11.5 Å². The van der Waals surface area contributed by atoms with E-state index in [-0.39, 0.29) is 0 Å². The van der Waals surface area contributed by atoms with Gasteiger partial charge in [-0.3, -0.25) is 0 Å². The van der Waals surface area contributed by atoms with Crippen LogP contribution in [0.15, 0.2) is 36.4 Å². The van der Waals surface area contributed by atoms with Crippen LogP contribution in [0.5, 0.6) is 11.5 Å². The highest BCUT2D eigenvalue weighted by Crippen LogP contribution is 2.31. The lowest BCUT2D eigenvalue weighted by Crippen LogP contribution is -2.05. The van der Waals surface area contributed by atoms with E-state index in [1.165, 1.54) is 30.4 Å². The van der Waals surface area contributed by atoms with Crippen LogP contribution >= 0.6 is 11.6 Å². The molecule has 0 aliphatic heterocycles. The number of ether oxygens (including phenoxy) is 1. The summed E-state index contributed by atoms with van der Waals surface area (Å²) in [6.45, 7) is 0.599. The molecule has 3 heteroatoms. The Morgan fingerprint density at radius 1 is 1.00 bits per heavy atom. The molecule has 3 rings (SSSR count). The molecule has 2 aromatic rings. The fourth-order valence-electron chi connectivity index (χ4n) is 2.89. The van der Waals surface area contributed by atoms with Gasteiger partial charge in [-0.2, -0.15) is 0 Å². The summed E-state index contributed by atoms with van der Waals surface area (Å²) >= 11 is 6.09. The molecular weight excluding hydrogens is 282 g/mol. The molecule has 0 atom stereocenters. The predicted molar refractivity (Wildman–Crippen MR) is 87.4 cm³/mol. The van der Waals surface area contributed by atoms with Crippen LogP contribution < -0.4 is 10.5 Å². The average Bonchev–Trinajstić information content (AvgIpc) is 2.50. The number of hydrogen-bond acceptors (Lipinski definition) is 2. The first-order valence-corrected chi connectivity index (χ1v) is 7.92. The number of halogens is 1. The Hall–Kier alpha value is -1.51. The Kier molecular flexibility index (Phi) is 4.47. The molecule has 2 nitrogen and oxygen atoms in total. The van der Waals surface area contributed by atoms with Gasteiger partial charge in [0.05, 0.1) is 0 Å². The van der Waals surface area contributed by atoms with Gasteiger partial charge in [0.2, 0.25) is 0 Å². The Bertz CT molecular complexity index is 639. The van der Waals surface area contributed by atoms with E-state index in [0.717, 1.165) is 29.9 Å². The van der Waals surface area contributed by atoms with E-state index < -0.39 is 0 Å². The van der Waals surface area contributed by atoms with E-state index in [4.69, 9.17) is 22.1 Å². The minimum atomic E-state index is 0.599. The van der Waals surface area contributed by atoms with E-state index in [9.17, 15) is 0 Å². The van der Waals surface area contributed by atoms with Crippen LogP contribution in [0.4, 0.5) is 0 Å². The maximum absolute atomic E-state index is 6.09. The Morgan fingerprint density at radius 3 is 2.62 bits per heavy atom. The zero-order chi connectivity index (χ0) is 14.7. The van der Waals surface area contributed by atoms with Crippen molar-refractivity contribution in [3.8, 4) is 11.5 Å². The number of hydrogen-bond donors (Lipinski definition) is 1. The largest absolute Gasteiger partial charge is 0.457 e. The van der Waals surface area contributed by atoms with Crippen LogP contribution in [-0.4, -0.2) is 6.54 Å². The van der Waals surface area contributed by atoms with Crippen molar-refractivity contribution in [2.45, 2.75) is 32.1 Å². The van der Waals surface area contributed by atoms with Gasteiger partial charge < -0.3 is 10.5 Å². The quantitative estimate of drug-likeness (QED) is 0.901. The molecule has 0 unspecified atom stereocenters. The molecular formula is C18H20ClNO. The zero-order valence-corrected chi connectivity index (χ0v) is 12.8. The van der Waals surface area contributed by atoms with Crippen molar-refractivity contribution < 1.29 is 4.74 Å². The standard InChI is InChI=1S/C18H20ClNO/c19-16-7-5-14(9-10-20)18(12-16)21-17-8-6-13-3-1-2-4-15(13)11-17/h5-8,11-12H,1-4,9-10,20H2. The van der Waals surface area contributed by atoms with Crippen molar-refractivity contribution in [2.75, 3.05) is 6.54 Å². The van der Waals surface area contributed by atoms with Crippen molar-refractivity contribution in [3.05, 3.63) is 58.1 Å². The fourth-order valence-corrected chi connectivity index (χ4v) is 3.05. The molecule has 0 bridgehead atoms. The Labute approximate surface area is 130 Å². The topological polar surface area (TPSA) is 35.2 Å². The SMILES string of the molecule is NCCc1ccc(Cl)cc1Oc1ccc2c(c1)CCCC2. The molecule has 0 fully saturated rings. The second kappa shape index (κ2) is 6.50. The summed E-state index contributed by atoms with van der Waals surface area (Å²) in [5.74, 6) is 1.69. The molecule has 0 spiro atoms. The smallest absolute Gasteiger partial charge is 0.132 e. The van der Waals surface area contributed by atoms with E-state index in [0.29, 0.717) is 11.6 Å². The Morgan fingerprint density at radius 2 is 1.81 bits per heavy atom. The van der Waals surface area contributed by atoms with Crippen molar-refractivity contribution in [1.82, 2.24) is 0 Å². The van der Waals surface area contributed by atoms with Crippen LogP contribution in [0.3, 0.4) is 0 Å². The molecule has 0 saturated heterocycles. The van der Waals surface area contributed by atoms with E-state index >= 15 is 0 Å². The molecule has 0 aromatic heterocycles. The summed E-state index contributed by atoms with van der Waals surface area (Å²) in [6.07, 6.45) is 5.69. The first kappa shape index (κ1) is 14.4. The first-order chi connectivity index (χ1) is 10.3. The summed E-state index contributed by atoms with van der Waals surface area (Å²) in [4.78, 5) is 0. The molecule has 0 amide bonds. The van der Waals surface area contributed by atoms with Gasteiger partial charge in [-0.25, -0.2) is 0 Å². The van der Waals surface area contributed by atoms with Crippen LogP contribution in [0.2, 0.25) is 5.02 Å². The van der Waals surface area contributed by atoms with Gasteiger partial charge in [0.25, 0.3) is 0 Å². The molecule has 2 N–H and O–H groups in total. The molecule has 1 aliphatic carbocycles. The normalized spacial score (nSPS) is 13.8. The number of fused-ring (bicyclic) bond motifs is 1. The monoisotopic (exact) mass is 301 g/mol. The summed E-state index contributed by atoms with van der Waals surface area (Å²) in [6, 6.07) is 12.1. The summed E-state index contributed by atoms with van der Waals surface area (Å²) in [7, 11) is 0. The first-order valence-electron chi connectivity index (χ1n) is 7.54. The van der Waals surface area contributed by atoms with E-state index in [1.807, 2.05) is 18.2 Å². The van der Waals surface area contributed by atoms with Crippen LogP contribution in [0.25, 0.3) is 0 Å². The second-order valence-corrected chi connectivity index (χ2v) is 5.97. The van der Waals surface area contributed by atoms with Gasteiger partial charge in [-0.05, 0) is 79.6 Å². The molecule has 2 aromatic carbocycles. The molecule has 110 valence electrons. The molecule has 21 heavy (non-hydrogen) atoms. The van der Waals surface area contributed by atoms with Crippen molar-refractivity contribution in [2.24, 2.45) is 5.73 Å². The Balaban J connectivity index is 1.87. The lowest BCUT2D eigenvalue weighted by atomic mass is 9.92. The number of nitrogens with two attached hydrogens (primary N) is 1. The van der Waals surface area contributed by atoms with E-state index in [2.05, 4.69) is 18.2 Å². The minimum Gasteiger partial charge on any atom is -0.457 e. The lowest BCUT2D eigenvalue weighted by Gasteiger charge is -2.17. The lowest BCUT2D eigenvalue weighted by molar-refractivity contribution is 0.474. The summed E-state index contributed by atoms with van der Waals surface area (Å²) < 4.78 is 6.07. The third-order valence-corrected chi connectivity index (χ3v) is 4.23. The van der Waals surface area contributed by atoms with Crippen LogP contribution in [0.1, 0.15) is 29.5 Å². The van der Waals surface area contributed by atoms with Crippen molar-refractivity contribution in [3.63, 3.8) is 0 Å². The predicted octanol–water partition coefficient (Wildman–Crippen LogP) is 4.51. The highest BCUT2D eigenvalue weighted by molar-refractivity contribution is 6.30. The van der Waals surface area contributed by atoms with Gasteiger partial charge in [-0.1, -0.05) is 23.7 Å². The van der Waals surface area contributed by atoms with Gasteiger partial charge in [0.15, 0.2) is 0 Å². The van der Waals surface area contributed by atoms with Crippen molar-refractivity contribution >= 4 is 11.6 Å². The zero-order valence-electron chi connectivity index (χ0n) is 12.1. The second-order valence-electron chi connectivity index (χ2n) is 5.53. The molecule has 0 radical (unpaired) electrons. The van der Waals surface area contributed by atoms with Gasteiger partial charge >= 0.3 is 0 Å². The molecule has 0 heterocycles. The fraction of sp³-hybridized carbons (Fsp3) is 0.333. The number of aryl methyl sites for hydroxylation is 2. The van der Waals surface area contributed by atoms with E-state index in [1.54, 1.807) is 0 Å². The molecule has 1 aliphatic rings.